The van der Waals surface area contributed by atoms with E-state index in [2.05, 4.69) is 15.5 Å². The first-order valence-corrected chi connectivity index (χ1v) is 6.97. The van der Waals surface area contributed by atoms with Crippen molar-refractivity contribution in [2.75, 3.05) is 13.6 Å². The van der Waals surface area contributed by atoms with Gasteiger partial charge in [-0.1, -0.05) is 29.5 Å². The Morgan fingerprint density at radius 2 is 1.95 bits per heavy atom. The molecular formula is C13H14F3N3S. The molecule has 0 atom stereocenters. The number of benzene rings is 1. The van der Waals surface area contributed by atoms with Crippen molar-refractivity contribution in [2.45, 2.75) is 19.0 Å². The van der Waals surface area contributed by atoms with Gasteiger partial charge in [0, 0.05) is 12.0 Å². The number of nitrogens with one attached hydrogen (secondary N) is 1. The predicted molar refractivity (Wildman–Crippen MR) is 72.6 cm³/mol. The van der Waals surface area contributed by atoms with E-state index in [9.17, 15) is 13.2 Å². The van der Waals surface area contributed by atoms with Crippen LogP contribution in [0.25, 0.3) is 10.6 Å². The maximum atomic E-state index is 12.9. The van der Waals surface area contributed by atoms with Crippen molar-refractivity contribution >= 4 is 11.3 Å². The molecule has 0 saturated heterocycles. The Morgan fingerprint density at radius 1 is 1.20 bits per heavy atom. The summed E-state index contributed by atoms with van der Waals surface area (Å²) in [7, 11) is 1.85. The van der Waals surface area contributed by atoms with E-state index in [1.807, 2.05) is 7.05 Å². The van der Waals surface area contributed by atoms with Crippen LogP contribution in [-0.4, -0.2) is 23.8 Å². The molecular weight excluding hydrogens is 287 g/mol. The lowest BCUT2D eigenvalue weighted by Gasteiger charge is -2.09. The molecule has 0 saturated carbocycles. The quantitative estimate of drug-likeness (QED) is 0.860. The zero-order valence-electron chi connectivity index (χ0n) is 10.9. The third-order valence-electron chi connectivity index (χ3n) is 2.75. The van der Waals surface area contributed by atoms with Crippen LogP contribution in [0.1, 0.15) is 17.0 Å². The smallest absolute Gasteiger partial charge is 0.320 e. The van der Waals surface area contributed by atoms with Gasteiger partial charge in [0.1, 0.15) is 10.0 Å². The van der Waals surface area contributed by atoms with Crippen LogP contribution in [0.3, 0.4) is 0 Å². The second-order valence-corrected chi connectivity index (χ2v) is 5.31. The Morgan fingerprint density at radius 3 is 2.65 bits per heavy atom. The summed E-state index contributed by atoms with van der Waals surface area (Å²) in [6.07, 6.45) is -2.78. The van der Waals surface area contributed by atoms with Crippen molar-refractivity contribution in [2.24, 2.45) is 0 Å². The Kier molecular flexibility index (Phi) is 4.72. The number of nitrogens with zero attached hydrogens (tertiary/aromatic N) is 2. The first kappa shape index (κ1) is 14.9. The molecule has 108 valence electrons. The standard InChI is InChI=1S/C13H14F3N3S/c1-17-8-4-7-11-18-19-12(20-11)9-5-2-3-6-10(9)13(14,15)16/h2-3,5-6,17H,4,7-8H2,1H3. The summed E-state index contributed by atoms with van der Waals surface area (Å²) in [4.78, 5) is 0. The van der Waals surface area contributed by atoms with Crippen LogP contribution in [-0.2, 0) is 12.6 Å². The third kappa shape index (κ3) is 3.55. The van der Waals surface area contributed by atoms with Crippen LogP contribution in [0.2, 0.25) is 0 Å². The molecule has 2 rings (SSSR count). The molecule has 1 aromatic heterocycles. The van der Waals surface area contributed by atoms with Gasteiger partial charge >= 0.3 is 6.18 Å². The van der Waals surface area contributed by atoms with Gasteiger partial charge < -0.3 is 5.32 Å². The van der Waals surface area contributed by atoms with Crippen LogP contribution < -0.4 is 5.32 Å². The third-order valence-corrected chi connectivity index (χ3v) is 3.76. The second kappa shape index (κ2) is 6.32. The molecule has 0 amide bonds. The molecule has 0 aliphatic rings. The van der Waals surface area contributed by atoms with E-state index in [-0.39, 0.29) is 5.56 Å². The molecule has 1 heterocycles. The summed E-state index contributed by atoms with van der Waals surface area (Å²) in [5, 5.41) is 11.9. The number of hydrogen-bond donors (Lipinski definition) is 1. The molecule has 0 spiro atoms. The van der Waals surface area contributed by atoms with Crippen LogP contribution in [0, 0.1) is 0 Å². The van der Waals surface area contributed by atoms with Gasteiger partial charge in [-0.2, -0.15) is 13.2 Å². The number of alkyl halides is 3. The summed E-state index contributed by atoms with van der Waals surface area (Å²) in [5.74, 6) is 0. The lowest BCUT2D eigenvalue weighted by Crippen LogP contribution is -2.08. The van der Waals surface area contributed by atoms with Crippen molar-refractivity contribution in [3.05, 3.63) is 34.8 Å². The van der Waals surface area contributed by atoms with E-state index in [0.29, 0.717) is 11.4 Å². The molecule has 3 nitrogen and oxygen atoms in total. The topological polar surface area (TPSA) is 37.8 Å². The number of aromatic nitrogens is 2. The molecule has 0 fully saturated rings. The number of hydrogen-bond acceptors (Lipinski definition) is 4. The molecule has 7 heteroatoms. The summed E-state index contributed by atoms with van der Waals surface area (Å²) in [6, 6.07) is 5.45. The number of halogens is 3. The highest BCUT2D eigenvalue weighted by atomic mass is 32.1. The van der Waals surface area contributed by atoms with E-state index >= 15 is 0 Å². The van der Waals surface area contributed by atoms with Crippen LogP contribution in [0.4, 0.5) is 13.2 Å². The van der Waals surface area contributed by atoms with Crippen molar-refractivity contribution in [1.29, 1.82) is 0 Å². The normalized spacial score (nSPS) is 11.8. The molecule has 0 unspecified atom stereocenters. The van der Waals surface area contributed by atoms with Crippen molar-refractivity contribution in [3.63, 3.8) is 0 Å². The molecule has 0 bridgehead atoms. The minimum atomic E-state index is -4.38. The predicted octanol–water partition coefficient (Wildman–Crippen LogP) is 3.38. The molecule has 0 aliphatic heterocycles. The highest BCUT2D eigenvalue weighted by molar-refractivity contribution is 7.14. The van der Waals surface area contributed by atoms with Gasteiger partial charge in [0.2, 0.25) is 0 Å². The maximum Gasteiger partial charge on any atom is 0.417 e. The van der Waals surface area contributed by atoms with E-state index < -0.39 is 11.7 Å². The number of aryl methyl sites for hydroxylation is 1. The van der Waals surface area contributed by atoms with Gasteiger partial charge in [-0.05, 0) is 26.1 Å². The van der Waals surface area contributed by atoms with Crippen molar-refractivity contribution in [1.82, 2.24) is 15.5 Å². The van der Waals surface area contributed by atoms with Gasteiger partial charge in [-0.15, -0.1) is 10.2 Å². The van der Waals surface area contributed by atoms with E-state index in [4.69, 9.17) is 0 Å². The lowest BCUT2D eigenvalue weighted by molar-refractivity contribution is -0.137. The number of rotatable bonds is 5. The molecule has 1 aromatic carbocycles. The van der Waals surface area contributed by atoms with Crippen LogP contribution >= 0.6 is 11.3 Å². The fourth-order valence-electron chi connectivity index (χ4n) is 1.80. The zero-order valence-corrected chi connectivity index (χ0v) is 11.7. The highest BCUT2D eigenvalue weighted by Crippen LogP contribution is 2.37. The van der Waals surface area contributed by atoms with Crippen LogP contribution in [0.15, 0.2) is 24.3 Å². The Bertz CT molecular complexity index is 566. The van der Waals surface area contributed by atoms with Gasteiger partial charge in [0.15, 0.2) is 0 Å². The average Bonchev–Trinajstić information content (AvgIpc) is 2.87. The molecule has 0 radical (unpaired) electrons. The Labute approximate surface area is 118 Å². The minimum Gasteiger partial charge on any atom is -0.320 e. The van der Waals surface area contributed by atoms with E-state index in [0.717, 1.165) is 24.0 Å². The largest absolute Gasteiger partial charge is 0.417 e. The van der Waals surface area contributed by atoms with Gasteiger partial charge in [-0.3, -0.25) is 0 Å². The van der Waals surface area contributed by atoms with Crippen molar-refractivity contribution in [3.8, 4) is 10.6 Å². The monoisotopic (exact) mass is 301 g/mol. The second-order valence-electron chi connectivity index (χ2n) is 4.25. The van der Waals surface area contributed by atoms with Gasteiger partial charge in [-0.25, -0.2) is 0 Å². The molecule has 2 aromatic rings. The van der Waals surface area contributed by atoms with Gasteiger partial charge in [0.25, 0.3) is 0 Å². The van der Waals surface area contributed by atoms with E-state index in [1.165, 1.54) is 23.5 Å². The van der Waals surface area contributed by atoms with E-state index in [1.54, 1.807) is 6.07 Å². The first-order chi connectivity index (χ1) is 9.52. The molecule has 20 heavy (non-hydrogen) atoms. The Balaban J connectivity index is 2.24. The summed E-state index contributed by atoms with van der Waals surface area (Å²) < 4.78 is 38.8. The van der Waals surface area contributed by atoms with Crippen LogP contribution in [0.5, 0.6) is 0 Å². The summed E-state index contributed by atoms with van der Waals surface area (Å²) in [6.45, 7) is 0.841. The maximum absolute atomic E-state index is 12.9. The lowest BCUT2D eigenvalue weighted by atomic mass is 10.1. The SMILES string of the molecule is CNCCCc1nnc(-c2ccccc2C(F)(F)F)s1. The molecule has 1 N–H and O–H groups in total. The highest BCUT2D eigenvalue weighted by Gasteiger charge is 2.34. The summed E-state index contributed by atoms with van der Waals surface area (Å²) >= 11 is 1.22. The van der Waals surface area contributed by atoms with Gasteiger partial charge in [0.05, 0.1) is 5.56 Å². The average molecular weight is 301 g/mol. The fraction of sp³-hybridized carbons (Fsp3) is 0.385. The molecule has 0 aliphatic carbocycles. The van der Waals surface area contributed by atoms with Crippen molar-refractivity contribution < 1.29 is 13.2 Å². The first-order valence-electron chi connectivity index (χ1n) is 6.16. The summed E-state index contributed by atoms with van der Waals surface area (Å²) in [5.41, 5.74) is -0.574. The zero-order chi connectivity index (χ0) is 14.6. The Hall–Kier alpha value is -1.47. The minimum absolute atomic E-state index is 0.0948. The fourth-order valence-corrected chi connectivity index (χ4v) is 2.72.